The van der Waals surface area contributed by atoms with Gasteiger partial charge < -0.3 is 4.74 Å². The van der Waals surface area contributed by atoms with Gasteiger partial charge in [0.25, 0.3) is 0 Å². The van der Waals surface area contributed by atoms with E-state index in [1.807, 2.05) is 31.2 Å². The molecule has 6 heteroatoms. The number of hydrogen-bond donors (Lipinski definition) is 0. The average molecular weight is 301 g/mol. The largest absolute Gasteiger partial charge is 0.463 e. The summed E-state index contributed by atoms with van der Waals surface area (Å²) < 4.78 is 5.44. The van der Waals surface area contributed by atoms with Gasteiger partial charge in [-0.25, -0.2) is 0 Å². The maximum Gasteiger partial charge on any atom is 0.321 e. The van der Waals surface area contributed by atoms with E-state index in [2.05, 4.69) is 19.9 Å². The highest BCUT2D eigenvalue weighted by Gasteiger charge is 2.11. The van der Waals surface area contributed by atoms with Gasteiger partial charge in [-0.05, 0) is 23.4 Å². The van der Waals surface area contributed by atoms with E-state index in [1.165, 1.54) is 0 Å². The van der Waals surface area contributed by atoms with E-state index < -0.39 is 0 Å². The summed E-state index contributed by atoms with van der Waals surface area (Å²) in [5.74, 6) is 0.463. The Morgan fingerprint density at radius 3 is 2.81 bits per heavy atom. The third kappa shape index (κ3) is 2.92. The Kier molecular flexibility index (Phi) is 3.92. The number of ether oxygens (including phenoxy) is 1. The highest BCUT2D eigenvalue weighted by Crippen LogP contribution is 2.26. The number of rotatable bonds is 4. The molecule has 2 heterocycles. The SMILES string of the molecule is CCCOc1nc(Cl)nc(-c2cncc3ccccc23)n1. The van der Waals surface area contributed by atoms with E-state index in [0.29, 0.717) is 12.4 Å². The van der Waals surface area contributed by atoms with Crippen LogP contribution in [0.3, 0.4) is 0 Å². The van der Waals surface area contributed by atoms with Crippen molar-refractivity contribution in [1.82, 2.24) is 19.9 Å². The van der Waals surface area contributed by atoms with Gasteiger partial charge in [0, 0.05) is 23.3 Å². The van der Waals surface area contributed by atoms with Gasteiger partial charge in [-0.2, -0.15) is 15.0 Å². The number of hydrogen-bond acceptors (Lipinski definition) is 5. The molecule has 3 rings (SSSR count). The zero-order valence-corrected chi connectivity index (χ0v) is 12.2. The molecule has 0 saturated carbocycles. The molecule has 1 aromatic carbocycles. The van der Waals surface area contributed by atoms with Gasteiger partial charge in [0.1, 0.15) is 0 Å². The average Bonchev–Trinajstić information content (AvgIpc) is 2.52. The Morgan fingerprint density at radius 1 is 1.10 bits per heavy atom. The van der Waals surface area contributed by atoms with Crippen molar-refractivity contribution < 1.29 is 4.74 Å². The summed E-state index contributed by atoms with van der Waals surface area (Å²) in [6.07, 6.45) is 4.39. The number of pyridine rings is 1. The summed E-state index contributed by atoms with van der Waals surface area (Å²) in [4.78, 5) is 16.7. The first kappa shape index (κ1) is 13.7. The number of fused-ring (bicyclic) bond motifs is 1. The van der Waals surface area contributed by atoms with Crippen LogP contribution in [0.25, 0.3) is 22.2 Å². The molecule has 5 nitrogen and oxygen atoms in total. The zero-order valence-electron chi connectivity index (χ0n) is 11.5. The molecule has 106 valence electrons. The predicted octanol–water partition coefficient (Wildman–Crippen LogP) is 3.53. The molecule has 0 N–H and O–H groups in total. The molecule has 0 bridgehead atoms. The molecule has 21 heavy (non-hydrogen) atoms. The highest BCUT2D eigenvalue weighted by molar-refractivity contribution is 6.28. The monoisotopic (exact) mass is 300 g/mol. The van der Waals surface area contributed by atoms with E-state index in [1.54, 1.807) is 12.4 Å². The molecule has 0 spiro atoms. The van der Waals surface area contributed by atoms with Gasteiger partial charge in [0.2, 0.25) is 5.28 Å². The van der Waals surface area contributed by atoms with Gasteiger partial charge >= 0.3 is 6.01 Å². The highest BCUT2D eigenvalue weighted by atomic mass is 35.5. The van der Waals surface area contributed by atoms with Crippen molar-refractivity contribution >= 4 is 22.4 Å². The number of halogens is 1. The van der Waals surface area contributed by atoms with Crippen LogP contribution < -0.4 is 4.74 Å². The minimum atomic E-state index is 0.110. The van der Waals surface area contributed by atoms with Crippen molar-refractivity contribution in [3.8, 4) is 17.4 Å². The molecule has 0 fully saturated rings. The van der Waals surface area contributed by atoms with Crippen LogP contribution in [0.15, 0.2) is 36.7 Å². The molecule has 0 aliphatic rings. The normalized spacial score (nSPS) is 10.8. The molecule has 2 aromatic heterocycles. The van der Waals surface area contributed by atoms with Gasteiger partial charge in [0.15, 0.2) is 5.82 Å². The van der Waals surface area contributed by atoms with Crippen molar-refractivity contribution in [2.75, 3.05) is 6.61 Å². The Morgan fingerprint density at radius 2 is 1.95 bits per heavy atom. The van der Waals surface area contributed by atoms with Crippen molar-refractivity contribution in [3.63, 3.8) is 0 Å². The summed E-state index contributed by atoms with van der Waals surface area (Å²) in [5.41, 5.74) is 0.804. The minimum absolute atomic E-state index is 0.110. The number of benzene rings is 1. The second kappa shape index (κ2) is 6.01. The third-order valence-electron chi connectivity index (χ3n) is 2.93. The molecule has 3 aromatic rings. The van der Waals surface area contributed by atoms with Gasteiger partial charge in [-0.15, -0.1) is 0 Å². The van der Waals surface area contributed by atoms with E-state index in [4.69, 9.17) is 16.3 Å². The quantitative estimate of drug-likeness (QED) is 0.737. The first-order valence-electron chi connectivity index (χ1n) is 6.65. The smallest absolute Gasteiger partial charge is 0.321 e. The fourth-order valence-corrected chi connectivity index (χ4v) is 2.16. The number of aromatic nitrogens is 4. The molecule has 0 atom stereocenters. The fraction of sp³-hybridized carbons (Fsp3) is 0.200. The first-order valence-corrected chi connectivity index (χ1v) is 7.03. The fourth-order valence-electron chi connectivity index (χ4n) is 2.00. The summed E-state index contributed by atoms with van der Waals surface area (Å²) in [7, 11) is 0. The molecule has 0 aliphatic heterocycles. The second-order valence-corrected chi connectivity index (χ2v) is 4.81. The molecule has 0 radical (unpaired) electrons. The van der Waals surface area contributed by atoms with Crippen LogP contribution in [0.4, 0.5) is 0 Å². The lowest BCUT2D eigenvalue weighted by molar-refractivity contribution is 0.291. The topological polar surface area (TPSA) is 60.8 Å². The van der Waals surface area contributed by atoms with Crippen LogP contribution in [0.1, 0.15) is 13.3 Å². The second-order valence-electron chi connectivity index (χ2n) is 4.47. The molecular formula is C15H13ClN4O. The van der Waals surface area contributed by atoms with Crippen LogP contribution >= 0.6 is 11.6 Å². The standard InChI is InChI=1S/C15H13ClN4O/c1-2-7-21-15-19-13(18-14(16)20-15)12-9-17-8-10-5-3-4-6-11(10)12/h3-6,8-9H,2,7H2,1H3. The van der Waals surface area contributed by atoms with Crippen molar-refractivity contribution in [3.05, 3.63) is 41.9 Å². The lowest BCUT2D eigenvalue weighted by atomic mass is 10.1. The Bertz CT molecular complexity index is 773. The molecule has 0 aliphatic carbocycles. The number of nitrogens with zero attached hydrogens (tertiary/aromatic N) is 4. The van der Waals surface area contributed by atoms with Crippen LogP contribution in [-0.2, 0) is 0 Å². The minimum Gasteiger partial charge on any atom is -0.463 e. The maximum absolute atomic E-state index is 5.97. The zero-order chi connectivity index (χ0) is 14.7. The Labute approximate surface area is 127 Å². The lowest BCUT2D eigenvalue weighted by Gasteiger charge is -2.07. The lowest BCUT2D eigenvalue weighted by Crippen LogP contribution is -2.03. The van der Waals surface area contributed by atoms with Crippen molar-refractivity contribution in [1.29, 1.82) is 0 Å². The molecule has 0 saturated heterocycles. The van der Waals surface area contributed by atoms with Crippen LogP contribution in [0.2, 0.25) is 5.28 Å². The van der Waals surface area contributed by atoms with Crippen LogP contribution in [-0.4, -0.2) is 26.5 Å². The van der Waals surface area contributed by atoms with E-state index in [0.717, 1.165) is 22.8 Å². The summed E-state index contributed by atoms with van der Waals surface area (Å²) in [6, 6.07) is 8.15. The Balaban J connectivity index is 2.12. The predicted molar refractivity (Wildman–Crippen MR) is 81.4 cm³/mol. The van der Waals surface area contributed by atoms with E-state index >= 15 is 0 Å². The van der Waals surface area contributed by atoms with Crippen LogP contribution in [0, 0.1) is 0 Å². The van der Waals surface area contributed by atoms with Gasteiger partial charge in [-0.1, -0.05) is 31.2 Å². The van der Waals surface area contributed by atoms with Crippen molar-refractivity contribution in [2.24, 2.45) is 0 Å². The molecule has 0 unspecified atom stereocenters. The van der Waals surface area contributed by atoms with E-state index in [9.17, 15) is 0 Å². The van der Waals surface area contributed by atoms with Gasteiger partial charge in [-0.3, -0.25) is 4.98 Å². The Hall–Kier alpha value is -2.27. The summed E-state index contributed by atoms with van der Waals surface area (Å²) in [6.45, 7) is 2.55. The molecular weight excluding hydrogens is 288 g/mol. The van der Waals surface area contributed by atoms with Crippen LogP contribution in [0.5, 0.6) is 6.01 Å². The first-order chi connectivity index (χ1) is 10.3. The maximum atomic E-state index is 5.97. The van der Waals surface area contributed by atoms with E-state index in [-0.39, 0.29) is 11.3 Å². The molecule has 0 amide bonds. The van der Waals surface area contributed by atoms with Crippen molar-refractivity contribution in [2.45, 2.75) is 13.3 Å². The third-order valence-corrected chi connectivity index (χ3v) is 3.10. The summed E-state index contributed by atoms with van der Waals surface area (Å²) >= 11 is 5.97. The van der Waals surface area contributed by atoms with Gasteiger partial charge in [0.05, 0.1) is 6.61 Å². The summed E-state index contributed by atoms with van der Waals surface area (Å²) in [5, 5.41) is 2.14.